The molecule has 7 nitrogen and oxygen atoms in total. The van der Waals surface area contributed by atoms with E-state index in [1.807, 2.05) is 37.3 Å². The number of imide groups is 1. The maximum Gasteiger partial charge on any atom is 0.245 e. The Hall–Kier alpha value is -2.96. The molecule has 7 heteroatoms. The number of likely N-dealkylation sites (tertiary alicyclic amines) is 1. The minimum Gasteiger partial charge on any atom is -0.309 e. The lowest BCUT2D eigenvalue weighted by molar-refractivity contribution is -0.142. The predicted molar refractivity (Wildman–Crippen MR) is 103 cm³/mol. The van der Waals surface area contributed by atoms with E-state index in [1.165, 1.54) is 0 Å². The highest BCUT2D eigenvalue weighted by atomic mass is 16.2. The van der Waals surface area contributed by atoms with Crippen LogP contribution < -0.4 is 5.32 Å². The molecule has 0 spiro atoms. The van der Waals surface area contributed by atoms with Gasteiger partial charge in [0, 0.05) is 6.07 Å². The minimum atomic E-state index is -0.380. The molecule has 2 atom stereocenters. The van der Waals surface area contributed by atoms with E-state index in [-0.39, 0.29) is 36.1 Å². The van der Waals surface area contributed by atoms with Gasteiger partial charge in [0.05, 0.1) is 24.1 Å². The Morgan fingerprint density at radius 2 is 1.75 bits per heavy atom. The second kappa shape index (κ2) is 7.58. The summed E-state index contributed by atoms with van der Waals surface area (Å²) in [6, 6.07) is 11.6. The number of anilines is 1. The molecule has 2 unspecified atom stereocenters. The molecule has 2 fully saturated rings. The number of carbonyl (C=O) groups excluding carboxylic acids is 3. The van der Waals surface area contributed by atoms with Crippen LogP contribution in [0.5, 0.6) is 0 Å². The molecule has 0 radical (unpaired) electrons. The fourth-order valence-corrected chi connectivity index (χ4v) is 4.24. The van der Waals surface area contributed by atoms with Crippen molar-refractivity contribution in [3.8, 4) is 0 Å². The van der Waals surface area contributed by atoms with Crippen LogP contribution in [-0.4, -0.2) is 38.9 Å². The zero-order valence-electron chi connectivity index (χ0n) is 15.9. The molecule has 2 aliphatic rings. The number of rotatable bonds is 5. The average Bonchev–Trinajstić information content (AvgIpc) is 3.15. The Labute approximate surface area is 163 Å². The second-order valence-electron chi connectivity index (χ2n) is 7.62. The first-order valence-electron chi connectivity index (χ1n) is 9.76. The number of nitrogens with one attached hydrogen (secondary N) is 1. The van der Waals surface area contributed by atoms with Crippen molar-refractivity contribution in [2.75, 3.05) is 11.9 Å². The van der Waals surface area contributed by atoms with Gasteiger partial charge in [-0.05, 0) is 25.3 Å². The number of nitrogens with zero attached hydrogens (tertiary/aromatic N) is 3. The molecule has 0 bridgehead atoms. The fourth-order valence-electron chi connectivity index (χ4n) is 4.24. The van der Waals surface area contributed by atoms with Crippen molar-refractivity contribution in [3.05, 3.63) is 47.7 Å². The van der Waals surface area contributed by atoms with E-state index in [4.69, 9.17) is 0 Å². The maximum absolute atomic E-state index is 12.6. The van der Waals surface area contributed by atoms with Gasteiger partial charge < -0.3 is 5.32 Å². The molecule has 1 saturated carbocycles. The van der Waals surface area contributed by atoms with Crippen molar-refractivity contribution in [1.82, 2.24) is 14.7 Å². The summed E-state index contributed by atoms with van der Waals surface area (Å²) in [5.41, 5.74) is 1.85. The number of carbonyl (C=O) groups is 3. The summed E-state index contributed by atoms with van der Waals surface area (Å²) < 4.78 is 1.72. The third-order valence-corrected chi connectivity index (χ3v) is 5.58. The summed E-state index contributed by atoms with van der Waals surface area (Å²) in [4.78, 5) is 38.8. The maximum atomic E-state index is 12.6. The smallest absolute Gasteiger partial charge is 0.245 e. The lowest BCUT2D eigenvalue weighted by Crippen LogP contribution is -2.38. The van der Waals surface area contributed by atoms with Gasteiger partial charge >= 0.3 is 0 Å². The molecule has 3 amide bonds. The van der Waals surface area contributed by atoms with E-state index in [2.05, 4.69) is 10.4 Å². The Balaban J connectivity index is 1.44. The highest BCUT2D eigenvalue weighted by Crippen LogP contribution is 2.37. The lowest BCUT2D eigenvalue weighted by atomic mass is 9.81. The monoisotopic (exact) mass is 380 g/mol. The number of fused-ring (bicyclic) bond motifs is 1. The van der Waals surface area contributed by atoms with Crippen molar-refractivity contribution in [2.45, 2.75) is 39.2 Å². The summed E-state index contributed by atoms with van der Waals surface area (Å²) in [6.07, 6.45) is 3.43. The third kappa shape index (κ3) is 3.56. The second-order valence-corrected chi connectivity index (χ2v) is 7.62. The molecule has 2 aromatic rings. The molecular formula is C21H24N4O3. The Bertz CT molecular complexity index is 882. The number of aromatic nitrogens is 2. The summed E-state index contributed by atoms with van der Waals surface area (Å²) >= 11 is 0. The van der Waals surface area contributed by atoms with E-state index in [9.17, 15) is 14.4 Å². The minimum absolute atomic E-state index is 0.196. The molecule has 2 heterocycles. The van der Waals surface area contributed by atoms with E-state index < -0.39 is 0 Å². The highest BCUT2D eigenvalue weighted by Gasteiger charge is 2.48. The number of hydrogen-bond donors (Lipinski definition) is 1. The standard InChI is InChI=1S/C21H24N4O3/c1-14-11-18(25(23-14)12-15-7-3-2-4-8-15)22-19(26)13-24-20(27)16-9-5-6-10-17(16)21(24)28/h2-4,7-8,11,16-17H,5-6,9-10,12-13H2,1H3,(H,22,26). The van der Waals surface area contributed by atoms with Crippen LogP contribution >= 0.6 is 0 Å². The van der Waals surface area contributed by atoms with Gasteiger partial charge in [0.15, 0.2) is 0 Å². The normalized spacial score (nSPS) is 21.7. The van der Waals surface area contributed by atoms with Gasteiger partial charge in [-0.3, -0.25) is 19.3 Å². The van der Waals surface area contributed by atoms with Crippen molar-refractivity contribution >= 4 is 23.5 Å². The molecule has 1 aliphatic heterocycles. The van der Waals surface area contributed by atoms with Crippen LogP contribution in [-0.2, 0) is 20.9 Å². The van der Waals surface area contributed by atoms with E-state index >= 15 is 0 Å². The van der Waals surface area contributed by atoms with Gasteiger partial charge in [0.2, 0.25) is 17.7 Å². The van der Waals surface area contributed by atoms with Crippen LogP contribution in [0.3, 0.4) is 0 Å². The van der Waals surface area contributed by atoms with Gasteiger partial charge in [0.1, 0.15) is 12.4 Å². The van der Waals surface area contributed by atoms with Gasteiger partial charge in [-0.15, -0.1) is 0 Å². The molecule has 1 aliphatic carbocycles. The summed E-state index contributed by atoms with van der Waals surface area (Å²) in [7, 11) is 0. The van der Waals surface area contributed by atoms with Crippen molar-refractivity contribution in [3.63, 3.8) is 0 Å². The SMILES string of the molecule is Cc1cc(NC(=O)CN2C(=O)C3CCCCC3C2=O)n(Cc2ccccc2)n1. The molecule has 1 aromatic heterocycles. The summed E-state index contributed by atoms with van der Waals surface area (Å²) in [5.74, 6) is -0.685. The molecule has 1 N–H and O–H groups in total. The molecule has 1 aromatic carbocycles. The van der Waals surface area contributed by atoms with Crippen LogP contribution in [0.2, 0.25) is 0 Å². The summed E-state index contributed by atoms with van der Waals surface area (Å²) in [5, 5.41) is 7.25. The molecule has 28 heavy (non-hydrogen) atoms. The van der Waals surface area contributed by atoms with Crippen LogP contribution in [0.25, 0.3) is 0 Å². The van der Waals surface area contributed by atoms with Gasteiger partial charge in [-0.2, -0.15) is 5.10 Å². The van der Waals surface area contributed by atoms with Crippen LogP contribution in [0, 0.1) is 18.8 Å². The Morgan fingerprint density at radius 3 is 2.39 bits per heavy atom. The Morgan fingerprint density at radius 1 is 1.11 bits per heavy atom. The Kier molecular flexibility index (Phi) is 4.98. The predicted octanol–water partition coefficient (Wildman–Crippen LogP) is 2.35. The van der Waals surface area contributed by atoms with Crippen molar-refractivity contribution in [2.24, 2.45) is 11.8 Å². The zero-order valence-corrected chi connectivity index (χ0v) is 15.9. The molecule has 4 rings (SSSR count). The first kappa shape index (κ1) is 18.4. The van der Waals surface area contributed by atoms with E-state index in [0.29, 0.717) is 12.4 Å². The number of amides is 3. The highest BCUT2D eigenvalue weighted by molar-refractivity contribution is 6.08. The van der Waals surface area contributed by atoms with Crippen molar-refractivity contribution < 1.29 is 14.4 Å². The fraction of sp³-hybridized carbons (Fsp3) is 0.429. The first-order chi connectivity index (χ1) is 13.5. The van der Waals surface area contributed by atoms with Gasteiger partial charge in [-0.1, -0.05) is 43.2 Å². The van der Waals surface area contributed by atoms with Gasteiger partial charge in [-0.25, -0.2) is 4.68 Å². The van der Waals surface area contributed by atoms with E-state index in [0.717, 1.165) is 41.8 Å². The van der Waals surface area contributed by atoms with Crippen molar-refractivity contribution in [1.29, 1.82) is 0 Å². The van der Waals surface area contributed by atoms with Crippen LogP contribution in [0.15, 0.2) is 36.4 Å². The largest absolute Gasteiger partial charge is 0.309 e. The molecule has 146 valence electrons. The molecular weight excluding hydrogens is 356 g/mol. The lowest BCUT2D eigenvalue weighted by Gasteiger charge is -2.19. The zero-order chi connectivity index (χ0) is 19.7. The topological polar surface area (TPSA) is 84.3 Å². The third-order valence-electron chi connectivity index (χ3n) is 5.58. The van der Waals surface area contributed by atoms with Gasteiger partial charge in [0.25, 0.3) is 0 Å². The number of aryl methyl sites for hydroxylation is 1. The quantitative estimate of drug-likeness (QED) is 0.807. The van der Waals surface area contributed by atoms with Crippen LogP contribution in [0.1, 0.15) is 36.9 Å². The van der Waals surface area contributed by atoms with E-state index in [1.54, 1.807) is 10.7 Å². The summed E-state index contributed by atoms with van der Waals surface area (Å²) in [6.45, 7) is 2.14. The number of benzene rings is 1. The average molecular weight is 380 g/mol. The van der Waals surface area contributed by atoms with Crippen LogP contribution in [0.4, 0.5) is 5.82 Å². The first-order valence-corrected chi connectivity index (χ1v) is 9.76. The molecule has 1 saturated heterocycles. The number of hydrogen-bond acceptors (Lipinski definition) is 4.